The largest absolute Gasteiger partial charge is 0.417 e. The molecule has 3 rings (SSSR count). The Morgan fingerprint density at radius 2 is 2.12 bits per heavy atom. The van der Waals surface area contributed by atoms with Crippen LogP contribution in [0.5, 0.6) is 0 Å². The van der Waals surface area contributed by atoms with E-state index >= 15 is 0 Å². The number of hydrogen-bond acceptors (Lipinski definition) is 6. The van der Waals surface area contributed by atoms with Gasteiger partial charge in [-0.2, -0.15) is 18.2 Å². The van der Waals surface area contributed by atoms with Gasteiger partial charge in [0.25, 0.3) is 0 Å². The van der Waals surface area contributed by atoms with E-state index in [1.54, 1.807) is 6.92 Å². The number of morpholine rings is 1. The topological polar surface area (TPSA) is 64.3 Å². The molecule has 1 fully saturated rings. The number of pyridine rings is 1. The van der Waals surface area contributed by atoms with E-state index in [2.05, 4.69) is 15.1 Å². The molecule has 0 saturated carbocycles. The van der Waals surface area contributed by atoms with Crippen LogP contribution in [-0.2, 0) is 17.5 Å². The van der Waals surface area contributed by atoms with Gasteiger partial charge in [-0.3, -0.25) is 9.88 Å². The van der Waals surface area contributed by atoms with Crippen LogP contribution in [0.3, 0.4) is 0 Å². The highest BCUT2D eigenvalue weighted by Gasteiger charge is 2.35. The standard InChI is InChI=1S/C15H17F3N4O2/c1-9-13(14-20-10(2)21-24-14)22(5-6-23-9)8-12-4-3-11(7-19-12)15(16,17)18/h3-4,7,9,13H,5-6,8H2,1-2H3/t9-,13+/m1/s1. The van der Waals surface area contributed by atoms with Crippen molar-refractivity contribution in [3.8, 4) is 0 Å². The van der Waals surface area contributed by atoms with Gasteiger partial charge >= 0.3 is 6.18 Å². The Bertz CT molecular complexity index is 687. The summed E-state index contributed by atoms with van der Waals surface area (Å²) in [7, 11) is 0. The first-order valence-electron chi connectivity index (χ1n) is 7.52. The quantitative estimate of drug-likeness (QED) is 0.855. The summed E-state index contributed by atoms with van der Waals surface area (Å²) in [6.07, 6.45) is -3.71. The Balaban J connectivity index is 1.79. The molecule has 1 saturated heterocycles. The molecule has 0 radical (unpaired) electrons. The molecule has 0 aliphatic carbocycles. The maximum Gasteiger partial charge on any atom is 0.417 e. The van der Waals surface area contributed by atoms with E-state index in [1.807, 2.05) is 11.8 Å². The van der Waals surface area contributed by atoms with Gasteiger partial charge < -0.3 is 9.26 Å². The molecule has 2 aromatic heterocycles. The lowest BCUT2D eigenvalue weighted by Gasteiger charge is -2.37. The summed E-state index contributed by atoms with van der Waals surface area (Å²) < 4.78 is 48.8. The predicted molar refractivity (Wildman–Crippen MR) is 76.8 cm³/mol. The van der Waals surface area contributed by atoms with Crippen LogP contribution in [-0.4, -0.2) is 39.3 Å². The number of halogens is 3. The Hall–Kier alpha value is -2.00. The number of alkyl halides is 3. The van der Waals surface area contributed by atoms with Crippen molar-refractivity contribution in [3.63, 3.8) is 0 Å². The Morgan fingerprint density at radius 3 is 2.71 bits per heavy atom. The summed E-state index contributed by atoms with van der Waals surface area (Å²) in [5.41, 5.74) is -0.219. The third kappa shape index (κ3) is 3.57. The number of ether oxygens (including phenoxy) is 1. The van der Waals surface area contributed by atoms with Gasteiger partial charge in [0.1, 0.15) is 6.04 Å². The summed E-state index contributed by atoms with van der Waals surface area (Å²) in [5, 5.41) is 3.80. The van der Waals surface area contributed by atoms with Gasteiger partial charge in [0.15, 0.2) is 5.82 Å². The number of rotatable bonds is 3. The number of aromatic nitrogens is 3. The number of hydrogen-bond donors (Lipinski definition) is 0. The minimum absolute atomic E-state index is 0.173. The minimum atomic E-state index is -4.39. The molecule has 24 heavy (non-hydrogen) atoms. The van der Waals surface area contributed by atoms with E-state index in [1.165, 1.54) is 6.07 Å². The zero-order valence-corrected chi connectivity index (χ0v) is 13.2. The van der Waals surface area contributed by atoms with E-state index in [4.69, 9.17) is 9.26 Å². The van der Waals surface area contributed by atoms with Crippen molar-refractivity contribution in [2.45, 2.75) is 38.7 Å². The van der Waals surface area contributed by atoms with Gasteiger partial charge in [-0.05, 0) is 26.0 Å². The maximum absolute atomic E-state index is 12.6. The minimum Gasteiger partial charge on any atom is -0.375 e. The average Bonchev–Trinajstić information content (AvgIpc) is 2.93. The van der Waals surface area contributed by atoms with Gasteiger partial charge in [-0.25, -0.2) is 0 Å². The highest BCUT2D eigenvalue weighted by Crippen LogP contribution is 2.31. The molecule has 2 atom stereocenters. The van der Waals surface area contributed by atoms with Crippen LogP contribution in [0.15, 0.2) is 22.9 Å². The van der Waals surface area contributed by atoms with E-state index in [0.717, 1.165) is 12.3 Å². The third-order valence-corrected chi connectivity index (χ3v) is 3.91. The summed E-state index contributed by atoms with van der Waals surface area (Å²) in [4.78, 5) is 10.2. The lowest BCUT2D eigenvalue weighted by molar-refractivity contribution is -0.137. The molecule has 0 amide bonds. The lowest BCUT2D eigenvalue weighted by Crippen LogP contribution is -2.44. The smallest absolute Gasteiger partial charge is 0.375 e. The van der Waals surface area contributed by atoms with Crippen molar-refractivity contribution >= 4 is 0 Å². The number of aryl methyl sites for hydroxylation is 1. The fraction of sp³-hybridized carbons (Fsp3) is 0.533. The Morgan fingerprint density at radius 1 is 1.33 bits per heavy atom. The van der Waals surface area contributed by atoms with Crippen LogP contribution in [0, 0.1) is 6.92 Å². The first-order chi connectivity index (χ1) is 11.3. The molecule has 0 aromatic carbocycles. The van der Waals surface area contributed by atoms with Crippen LogP contribution in [0.1, 0.15) is 35.9 Å². The van der Waals surface area contributed by atoms with Crippen LogP contribution in [0.25, 0.3) is 0 Å². The fourth-order valence-electron chi connectivity index (χ4n) is 2.74. The molecule has 6 nitrogen and oxygen atoms in total. The van der Waals surface area contributed by atoms with Gasteiger partial charge in [0, 0.05) is 19.3 Å². The molecule has 0 bridgehead atoms. The summed E-state index contributed by atoms with van der Waals surface area (Å²) in [6, 6.07) is 2.17. The van der Waals surface area contributed by atoms with E-state index in [-0.39, 0.29) is 12.1 Å². The molecule has 0 spiro atoms. The van der Waals surface area contributed by atoms with Crippen molar-refractivity contribution in [2.75, 3.05) is 13.2 Å². The van der Waals surface area contributed by atoms with E-state index < -0.39 is 11.7 Å². The van der Waals surface area contributed by atoms with Crippen molar-refractivity contribution in [1.82, 2.24) is 20.0 Å². The zero-order valence-electron chi connectivity index (χ0n) is 13.2. The highest BCUT2D eigenvalue weighted by atomic mass is 19.4. The fourth-order valence-corrected chi connectivity index (χ4v) is 2.74. The van der Waals surface area contributed by atoms with Gasteiger partial charge in [-0.1, -0.05) is 5.16 Å². The van der Waals surface area contributed by atoms with Crippen LogP contribution in [0.4, 0.5) is 13.2 Å². The zero-order chi connectivity index (χ0) is 17.3. The number of nitrogens with zero attached hydrogens (tertiary/aromatic N) is 4. The molecule has 2 aromatic rings. The monoisotopic (exact) mass is 342 g/mol. The maximum atomic E-state index is 12.6. The van der Waals surface area contributed by atoms with Gasteiger partial charge in [0.2, 0.25) is 5.89 Å². The molecule has 9 heteroatoms. The Kier molecular flexibility index (Phi) is 4.55. The lowest BCUT2D eigenvalue weighted by atomic mass is 10.1. The molecule has 130 valence electrons. The molecule has 0 unspecified atom stereocenters. The summed E-state index contributed by atoms with van der Waals surface area (Å²) in [6.45, 7) is 5.11. The molecule has 0 N–H and O–H groups in total. The van der Waals surface area contributed by atoms with Crippen molar-refractivity contribution in [2.24, 2.45) is 0 Å². The molecule has 1 aliphatic heterocycles. The van der Waals surface area contributed by atoms with Crippen molar-refractivity contribution in [3.05, 3.63) is 41.3 Å². The van der Waals surface area contributed by atoms with E-state index in [0.29, 0.717) is 37.1 Å². The van der Waals surface area contributed by atoms with Gasteiger partial charge in [0.05, 0.1) is 24.0 Å². The van der Waals surface area contributed by atoms with Crippen LogP contribution >= 0.6 is 0 Å². The first-order valence-corrected chi connectivity index (χ1v) is 7.52. The normalized spacial score (nSPS) is 22.7. The van der Waals surface area contributed by atoms with Crippen LogP contribution < -0.4 is 0 Å². The summed E-state index contributed by atoms with van der Waals surface area (Å²) >= 11 is 0. The van der Waals surface area contributed by atoms with Crippen molar-refractivity contribution in [1.29, 1.82) is 0 Å². The second-order valence-electron chi connectivity index (χ2n) is 5.71. The molecular formula is C15H17F3N4O2. The SMILES string of the molecule is Cc1noc([C@@H]2[C@@H](C)OCCN2Cc2ccc(C(F)(F)F)cn2)n1. The van der Waals surface area contributed by atoms with Crippen LogP contribution in [0.2, 0.25) is 0 Å². The molecule has 3 heterocycles. The highest BCUT2D eigenvalue weighted by molar-refractivity contribution is 5.17. The van der Waals surface area contributed by atoms with Gasteiger partial charge in [-0.15, -0.1) is 0 Å². The second kappa shape index (κ2) is 6.48. The van der Waals surface area contributed by atoms with E-state index in [9.17, 15) is 13.2 Å². The molecule has 1 aliphatic rings. The average molecular weight is 342 g/mol. The van der Waals surface area contributed by atoms with Crippen molar-refractivity contribution < 1.29 is 22.4 Å². The first kappa shape index (κ1) is 16.8. The molecular weight excluding hydrogens is 325 g/mol. The third-order valence-electron chi connectivity index (χ3n) is 3.91. The summed E-state index contributed by atoms with van der Waals surface area (Å²) in [5.74, 6) is 0.960. The predicted octanol–water partition coefficient (Wildman–Crippen LogP) is 2.75. The second-order valence-corrected chi connectivity index (χ2v) is 5.71. The Labute approximate surface area is 136 Å².